The first-order valence-electron chi connectivity index (χ1n) is 8.41. The summed E-state index contributed by atoms with van der Waals surface area (Å²) in [6.07, 6.45) is 0. The molecule has 1 aliphatic rings. The lowest BCUT2D eigenvalue weighted by atomic mass is 10.1. The molecule has 0 radical (unpaired) electrons. The van der Waals surface area contributed by atoms with Crippen LogP contribution in [0.25, 0.3) is 0 Å². The Morgan fingerprint density at radius 2 is 1.79 bits per heavy atom. The molecular formula is C19H18N2O7. The topological polar surface area (TPSA) is 108 Å². The number of fused-ring (bicyclic) bond motifs is 1. The minimum absolute atomic E-state index is 0.0228. The molecule has 3 rings (SSSR count). The number of nitro groups is 1. The van der Waals surface area contributed by atoms with Crippen molar-refractivity contribution in [3.05, 3.63) is 63.2 Å². The SMILES string of the molecule is COC(=O)c1cc(C(=O)N(C)Cc2ccc3c(c2)OCCO3)cc([N+](=O)[O-])c1. The third kappa shape index (κ3) is 4.03. The maximum atomic E-state index is 12.8. The lowest BCUT2D eigenvalue weighted by molar-refractivity contribution is -0.384. The predicted molar refractivity (Wildman–Crippen MR) is 97.7 cm³/mol. The molecule has 0 unspecified atom stereocenters. The number of hydrogen-bond acceptors (Lipinski definition) is 7. The average molecular weight is 386 g/mol. The molecule has 0 spiro atoms. The Morgan fingerprint density at radius 3 is 2.46 bits per heavy atom. The summed E-state index contributed by atoms with van der Waals surface area (Å²) in [5, 5.41) is 11.1. The Bertz CT molecular complexity index is 942. The minimum Gasteiger partial charge on any atom is -0.486 e. The third-order valence-corrected chi connectivity index (χ3v) is 4.17. The van der Waals surface area contributed by atoms with E-state index in [4.69, 9.17) is 9.47 Å². The summed E-state index contributed by atoms with van der Waals surface area (Å²) in [5.74, 6) is 0.0225. The molecule has 0 aliphatic carbocycles. The number of rotatable bonds is 5. The molecule has 0 bridgehead atoms. The number of benzene rings is 2. The highest BCUT2D eigenvalue weighted by molar-refractivity contribution is 5.98. The van der Waals surface area contributed by atoms with Crippen molar-refractivity contribution in [1.29, 1.82) is 0 Å². The van der Waals surface area contributed by atoms with Crippen LogP contribution in [0.5, 0.6) is 11.5 Å². The number of nitro benzene ring substituents is 1. The highest BCUT2D eigenvalue weighted by Gasteiger charge is 2.21. The number of methoxy groups -OCH3 is 1. The number of carbonyl (C=O) groups is 2. The van der Waals surface area contributed by atoms with Gasteiger partial charge in [0.25, 0.3) is 11.6 Å². The van der Waals surface area contributed by atoms with Gasteiger partial charge < -0.3 is 19.1 Å². The molecular weight excluding hydrogens is 368 g/mol. The molecule has 0 aromatic heterocycles. The fourth-order valence-electron chi connectivity index (χ4n) is 2.83. The predicted octanol–water partition coefficient (Wildman–Crippen LogP) is 2.42. The van der Waals surface area contributed by atoms with Crippen LogP contribution in [0.15, 0.2) is 36.4 Å². The Balaban J connectivity index is 1.83. The Morgan fingerprint density at radius 1 is 1.11 bits per heavy atom. The highest BCUT2D eigenvalue weighted by Crippen LogP contribution is 2.31. The summed E-state index contributed by atoms with van der Waals surface area (Å²) in [5.41, 5.74) is 0.403. The molecule has 28 heavy (non-hydrogen) atoms. The van der Waals surface area contributed by atoms with E-state index < -0.39 is 16.8 Å². The van der Waals surface area contributed by atoms with Crippen LogP contribution in [-0.4, -0.2) is 49.1 Å². The van der Waals surface area contributed by atoms with Gasteiger partial charge in [0.2, 0.25) is 0 Å². The van der Waals surface area contributed by atoms with Gasteiger partial charge in [0.15, 0.2) is 11.5 Å². The number of esters is 1. The fourth-order valence-corrected chi connectivity index (χ4v) is 2.83. The van der Waals surface area contributed by atoms with Crippen LogP contribution in [0.1, 0.15) is 26.3 Å². The van der Waals surface area contributed by atoms with E-state index in [-0.39, 0.29) is 23.4 Å². The van der Waals surface area contributed by atoms with Gasteiger partial charge in [0.05, 0.1) is 17.6 Å². The molecule has 146 valence electrons. The van der Waals surface area contributed by atoms with Gasteiger partial charge in [-0.3, -0.25) is 14.9 Å². The minimum atomic E-state index is -0.757. The number of hydrogen-bond donors (Lipinski definition) is 0. The quantitative estimate of drug-likeness (QED) is 0.441. The van der Waals surface area contributed by atoms with E-state index in [1.54, 1.807) is 19.2 Å². The number of ether oxygens (including phenoxy) is 3. The van der Waals surface area contributed by atoms with Gasteiger partial charge in [-0.2, -0.15) is 0 Å². The molecule has 1 heterocycles. The fraction of sp³-hybridized carbons (Fsp3) is 0.263. The van der Waals surface area contributed by atoms with Gasteiger partial charge in [-0.1, -0.05) is 6.07 Å². The molecule has 0 atom stereocenters. The zero-order chi connectivity index (χ0) is 20.3. The van der Waals surface area contributed by atoms with Crippen LogP contribution in [0.2, 0.25) is 0 Å². The second-order valence-corrected chi connectivity index (χ2v) is 6.16. The number of nitrogens with zero attached hydrogens (tertiary/aromatic N) is 2. The lowest BCUT2D eigenvalue weighted by Crippen LogP contribution is -2.26. The first-order chi connectivity index (χ1) is 13.4. The van der Waals surface area contributed by atoms with Crippen molar-refractivity contribution in [3.63, 3.8) is 0 Å². The largest absolute Gasteiger partial charge is 0.486 e. The van der Waals surface area contributed by atoms with Crippen molar-refractivity contribution in [2.45, 2.75) is 6.54 Å². The van der Waals surface area contributed by atoms with E-state index in [0.717, 1.165) is 24.8 Å². The van der Waals surface area contributed by atoms with Gasteiger partial charge >= 0.3 is 5.97 Å². The van der Waals surface area contributed by atoms with Gasteiger partial charge in [0.1, 0.15) is 13.2 Å². The van der Waals surface area contributed by atoms with Crippen molar-refractivity contribution < 1.29 is 28.7 Å². The van der Waals surface area contributed by atoms with Crippen molar-refractivity contribution in [3.8, 4) is 11.5 Å². The molecule has 1 aliphatic heterocycles. The van der Waals surface area contributed by atoms with Gasteiger partial charge in [-0.05, 0) is 23.8 Å². The molecule has 2 aromatic rings. The molecule has 0 N–H and O–H groups in total. The van der Waals surface area contributed by atoms with Crippen LogP contribution in [0.4, 0.5) is 5.69 Å². The summed E-state index contributed by atoms with van der Waals surface area (Å²) in [6.45, 7) is 1.18. The summed E-state index contributed by atoms with van der Waals surface area (Å²) < 4.78 is 15.6. The number of carbonyl (C=O) groups excluding carboxylic acids is 2. The first-order valence-corrected chi connectivity index (χ1v) is 8.41. The Hall–Kier alpha value is -3.62. The maximum absolute atomic E-state index is 12.8. The number of non-ortho nitro benzene ring substituents is 1. The highest BCUT2D eigenvalue weighted by atomic mass is 16.6. The molecule has 1 amide bonds. The molecule has 9 nitrogen and oxygen atoms in total. The van der Waals surface area contributed by atoms with E-state index in [0.29, 0.717) is 24.7 Å². The van der Waals surface area contributed by atoms with Crippen molar-refractivity contribution >= 4 is 17.6 Å². The van der Waals surface area contributed by atoms with E-state index in [9.17, 15) is 19.7 Å². The second-order valence-electron chi connectivity index (χ2n) is 6.16. The summed E-state index contributed by atoms with van der Waals surface area (Å²) in [6, 6.07) is 8.85. The maximum Gasteiger partial charge on any atom is 0.338 e. The van der Waals surface area contributed by atoms with E-state index in [1.165, 1.54) is 11.0 Å². The summed E-state index contributed by atoms with van der Waals surface area (Å²) in [7, 11) is 2.73. The lowest BCUT2D eigenvalue weighted by Gasteiger charge is -2.21. The number of amides is 1. The molecule has 2 aromatic carbocycles. The second kappa shape index (κ2) is 7.95. The normalized spacial score (nSPS) is 12.2. The van der Waals surface area contributed by atoms with Crippen molar-refractivity contribution in [1.82, 2.24) is 4.90 Å². The smallest absolute Gasteiger partial charge is 0.338 e. The van der Waals surface area contributed by atoms with Crippen molar-refractivity contribution in [2.75, 3.05) is 27.4 Å². The Kier molecular flexibility index (Phi) is 5.44. The molecule has 0 saturated heterocycles. The standard InChI is InChI=1S/C19H18N2O7/c1-20(11-12-3-4-16-17(7-12)28-6-5-27-16)18(22)13-8-14(19(23)26-2)10-15(9-13)21(24)25/h3-4,7-10H,5-6,11H2,1-2H3. The van der Waals surface area contributed by atoms with E-state index in [2.05, 4.69) is 4.74 Å². The monoisotopic (exact) mass is 386 g/mol. The van der Waals surface area contributed by atoms with Crippen LogP contribution < -0.4 is 9.47 Å². The van der Waals surface area contributed by atoms with Gasteiger partial charge in [-0.25, -0.2) is 4.79 Å². The zero-order valence-corrected chi connectivity index (χ0v) is 15.3. The molecule has 0 saturated carbocycles. The van der Waals surface area contributed by atoms with Crippen LogP contribution >= 0.6 is 0 Å². The Labute approximate surface area is 160 Å². The molecule has 9 heteroatoms. The zero-order valence-electron chi connectivity index (χ0n) is 15.3. The third-order valence-electron chi connectivity index (χ3n) is 4.17. The van der Waals surface area contributed by atoms with Crippen LogP contribution in [-0.2, 0) is 11.3 Å². The summed E-state index contributed by atoms with van der Waals surface area (Å²) in [4.78, 5) is 36.4. The van der Waals surface area contributed by atoms with Crippen LogP contribution in [0.3, 0.4) is 0 Å². The van der Waals surface area contributed by atoms with E-state index in [1.807, 2.05) is 6.07 Å². The summed E-state index contributed by atoms with van der Waals surface area (Å²) >= 11 is 0. The van der Waals surface area contributed by atoms with Crippen molar-refractivity contribution in [2.24, 2.45) is 0 Å². The average Bonchev–Trinajstić information content (AvgIpc) is 2.72. The van der Waals surface area contributed by atoms with Gasteiger partial charge in [-0.15, -0.1) is 0 Å². The first kappa shape index (κ1) is 19.2. The van der Waals surface area contributed by atoms with Crippen LogP contribution in [0, 0.1) is 10.1 Å². The van der Waals surface area contributed by atoms with Gasteiger partial charge in [0, 0.05) is 31.3 Å². The molecule has 0 fully saturated rings. The van der Waals surface area contributed by atoms with E-state index >= 15 is 0 Å².